The fourth-order valence-corrected chi connectivity index (χ4v) is 3.69. The number of ether oxygens (including phenoxy) is 1. The molecular weight excluding hydrogens is 399 g/mol. The molecule has 2 aromatic carbocycles. The van der Waals surface area contributed by atoms with Gasteiger partial charge in [0.1, 0.15) is 23.4 Å². The number of pyridine rings is 1. The number of aryl methyl sites for hydroxylation is 1. The summed E-state index contributed by atoms with van der Waals surface area (Å²) in [5.74, 6) is -2.36. The van der Waals surface area contributed by atoms with Crippen LogP contribution >= 0.6 is 0 Å². The Morgan fingerprint density at radius 3 is 2.58 bits per heavy atom. The topological polar surface area (TPSA) is 79.7 Å². The average molecular weight is 418 g/mol. The van der Waals surface area contributed by atoms with Gasteiger partial charge in [-0.1, -0.05) is 23.8 Å². The molecule has 0 saturated carbocycles. The summed E-state index contributed by atoms with van der Waals surface area (Å²) in [6.07, 6.45) is 1.52. The average Bonchev–Trinajstić information content (AvgIpc) is 3.04. The first-order chi connectivity index (χ1) is 14.9. The van der Waals surface area contributed by atoms with Gasteiger partial charge in [0.05, 0.1) is 23.9 Å². The molecule has 1 saturated heterocycles. The van der Waals surface area contributed by atoms with Gasteiger partial charge in [-0.3, -0.25) is 19.5 Å². The number of aromatic nitrogens is 1. The number of hydrogen-bond donors (Lipinski definition) is 1. The number of aliphatic hydroxyl groups is 1. The second-order valence-corrected chi connectivity index (χ2v) is 7.11. The summed E-state index contributed by atoms with van der Waals surface area (Å²) in [4.78, 5) is 31.6. The minimum Gasteiger partial charge on any atom is -0.507 e. The Morgan fingerprint density at radius 1 is 1.10 bits per heavy atom. The summed E-state index contributed by atoms with van der Waals surface area (Å²) in [5.41, 5.74) is 1.51. The van der Waals surface area contributed by atoms with Gasteiger partial charge in [0.25, 0.3) is 11.7 Å². The van der Waals surface area contributed by atoms with Crippen molar-refractivity contribution in [2.75, 3.05) is 12.0 Å². The number of methoxy groups -OCH3 is 1. The maximum Gasteiger partial charge on any atom is 0.300 e. The van der Waals surface area contributed by atoms with E-state index in [1.807, 2.05) is 6.92 Å². The Morgan fingerprint density at radius 2 is 1.90 bits per heavy atom. The molecule has 3 aromatic rings. The van der Waals surface area contributed by atoms with Crippen molar-refractivity contribution in [2.24, 2.45) is 0 Å². The van der Waals surface area contributed by atoms with E-state index in [0.717, 1.165) is 16.5 Å². The quantitative estimate of drug-likeness (QED) is 0.391. The number of Topliss-reactive ketones (excluding diaryl/α,β-unsaturated/α-hetero) is 1. The van der Waals surface area contributed by atoms with E-state index in [9.17, 15) is 19.1 Å². The van der Waals surface area contributed by atoms with E-state index < -0.39 is 23.5 Å². The Labute approximate surface area is 178 Å². The van der Waals surface area contributed by atoms with Gasteiger partial charge in [0, 0.05) is 11.9 Å². The first-order valence-electron chi connectivity index (χ1n) is 9.55. The number of aliphatic hydroxyl groups excluding tert-OH is 1. The summed E-state index contributed by atoms with van der Waals surface area (Å²) in [7, 11) is 1.45. The van der Waals surface area contributed by atoms with Gasteiger partial charge in [-0.25, -0.2) is 4.39 Å². The normalized spacial score (nSPS) is 17.8. The number of rotatable bonds is 4. The van der Waals surface area contributed by atoms with E-state index in [4.69, 9.17) is 4.74 Å². The van der Waals surface area contributed by atoms with Gasteiger partial charge >= 0.3 is 0 Å². The van der Waals surface area contributed by atoms with Gasteiger partial charge in [-0.05, 0) is 49.4 Å². The lowest BCUT2D eigenvalue weighted by molar-refractivity contribution is -0.132. The standard InChI is InChI=1S/C24H19FN2O4/c1-14-9-10-19(31-2)17(12-14)22(28)20-21(18-8-3-4-11-26-18)27(24(30)23(20)29)16-7-5-6-15(25)13-16/h3-13,21,28H,1-2H3/b22-20+. The zero-order valence-electron chi connectivity index (χ0n) is 16.9. The second-order valence-electron chi connectivity index (χ2n) is 7.11. The third-order valence-corrected chi connectivity index (χ3v) is 5.11. The molecule has 0 aliphatic carbocycles. The maximum absolute atomic E-state index is 13.9. The van der Waals surface area contributed by atoms with Crippen LogP contribution in [0.1, 0.15) is 22.9 Å². The van der Waals surface area contributed by atoms with Gasteiger partial charge in [-0.15, -0.1) is 0 Å². The molecule has 0 radical (unpaired) electrons. The van der Waals surface area contributed by atoms with Crippen LogP contribution in [0.25, 0.3) is 5.76 Å². The van der Waals surface area contributed by atoms with Crippen LogP contribution in [0.4, 0.5) is 10.1 Å². The largest absolute Gasteiger partial charge is 0.507 e. The molecule has 1 aliphatic heterocycles. The summed E-state index contributed by atoms with van der Waals surface area (Å²) in [5, 5.41) is 11.2. The van der Waals surface area contributed by atoms with Crippen LogP contribution in [0.5, 0.6) is 5.75 Å². The number of hydrogen-bond acceptors (Lipinski definition) is 5. The van der Waals surface area contributed by atoms with Crippen molar-refractivity contribution < 1.29 is 23.8 Å². The predicted molar refractivity (Wildman–Crippen MR) is 113 cm³/mol. The highest BCUT2D eigenvalue weighted by Crippen LogP contribution is 2.42. The highest BCUT2D eigenvalue weighted by Gasteiger charge is 2.47. The molecule has 31 heavy (non-hydrogen) atoms. The second kappa shape index (κ2) is 8.02. The number of carbonyl (C=O) groups is 2. The van der Waals surface area contributed by atoms with Crippen molar-refractivity contribution in [1.29, 1.82) is 0 Å². The zero-order valence-corrected chi connectivity index (χ0v) is 16.9. The van der Waals surface area contributed by atoms with E-state index in [2.05, 4.69) is 4.98 Å². The number of anilines is 1. The molecule has 1 aliphatic rings. The molecule has 0 bridgehead atoms. The monoisotopic (exact) mass is 418 g/mol. The van der Waals surface area contributed by atoms with Crippen LogP contribution in [-0.4, -0.2) is 28.9 Å². The Balaban J connectivity index is 1.99. The van der Waals surface area contributed by atoms with Gasteiger partial charge in [0.2, 0.25) is 0 Å². The van der Waals surface area contributed by atoms with Crippen molar-refractivity contribution in [3.63, 3.8) is 0 Å². The molecule has 1 N–H and O–H groups in total. The minimum absolute atomic E-state index is 0.142. The lowest BCUT2D eigenvalue weighted by Crippen LogP contribution is -2.29. The summed E-state index contributed by atoms with van der Waals surface area (Å²) >= 11 is 0. The molecule has 0 spiro atoms. The van der Waals surface area contributed by atoms with Crippen LogP contribution < -0.4 is 9.64 Å². The number of amides is 1. The van der Waals surface area contributed by atoms with Crippen molar-refractivity contribution in [3.05, 3.63) is 95.1 Å². The van der Waals surface area contributed by atoms with E-state index in [1.165, 1.54) is 31.5 Å². The highest BCUT2D eigenvalue weighted by atomic mass is 19.1. The molecule has 1 unspecified atom stereocenters. The van der Waals surface area contributed by atoms with Gasteiger partial charge in [-0.2, -0.15) is 0 Å². The molecule has 6 nitrogen and oxygen atoms in total. The van der Waals surface area contributed by atoms with Crippen LogP contribution in [-0.2, 0) is 9.59 Å². The van der Waals surface area contributed by atoms with Crippen molar-refractivity contribution >= 4 is 23.1 Å². The first kappa shape index (κ1) is 20.3. The van der Waals surface area contributed by atoms with Crippen LogP contribution in [0.15, 0.2) is 72.4 Å². The Bertz CT molecular complexity index is 1210. The number of nitrogens with zero attached hydrogens (tertiary/aromatic N) is 2. The predicted octanol–water partition coefficient (Wildman–Crippen LogP) is 4.16. The fourth-order valence-electron chi connectivity index (χ4n) is 3.69. The highest BCUT2D eigenvalue weighted by molar-refractivity contribution is 6.51. The van der Waals surface area contributed by atoms with E-state index in [-0.39, 0.29) is 22.6 Å². The lowest BCUT2D eigenvalue weighted by atomic mass is 9.97. The van der Waals surface area contributed by atoms with Crippen molar-refractivity contribution in [2.45, 2.75) is 13.0 Å². The van der Waals surface area contributed by atoms with Crippen molar-refractivity contribution in [1.82, 2.24) is 4.98 Å². The molecule has 1 fully saturated rings. The fraction of sp³-hybridized carbons (Fsp3) is 0.125. The van der Waals surface area contributed by atoms with Crippen LogP contribution in [0.2, 0.25) is 0 Å². The van der Waals surface area contributed by atoms with Crippen LogP contribution in [0.3, 0.4) is 0 Å². The molecule has 7 heteroatoms. The molecule has 2 heterocycles. The molecular formula is C24H19FN2O4. The minimum atomic E-state index is -1.03. The SMILES string of the molecule is COc1ccc(C)cc1/C(O)=C1\C(=O)C(=O)N(c2cccc(F)c2)C1c1ccccn1. The van der Waals surface area contributed by atoms with Gasteiger partial charge in [0.15, 0.2) is 0 Å². The van der Waals surface area contributed by atoms with E-state index >= 15 is 0 Å². The number of ketones is 1. The number of carbonyl (C=O) groups excluding carboxylic acids is 2. The number of benzene rings is 2. The van der Waals surface area contributed by atoms with E-state index in [1.54, 1.807) is 36.4 Å². The molecule has 156 valence electrons. The third kappa shape index (κ3) is 3.54. The van der Waals surface area contributed by atoms with E-state index in [0.29, 0.717) is 11.4 Å². The number of halogens is 1. The summed E-state index contributed by atoms with van der Waals surface area (Å²) in [6, 6.07) is 14.5. The van der Waals surface area contributed by atoms with Gasteiger partial charge < -0.3 is 9.84 Å². The Kier molecular flexibility index (Phi) is 5.25. The summed E-state index contributed by atoms with van der Waals surface area (Å²) in [6.45, 7) is 1.83. The molecule has 4 rings (SSSR count). The zero-order chi connectivity index (χ0) is 22.1. The first-order valence-corrected chi connectivity index (χ1v) is 9.55. The van der Waals surface area contributed by atoms with Crippen LogP contribution in [0, 0.1) is 12.7 Å². The van der Waals surface area contributed by atoms with Crippen molar-refractivity contribution in [3.8, 4) is 5.75 Å². The molecule has 1 aromatic heterocycles. The third-order valence-electron chi connectivity index (χ3n) is 5.11. The maximum atomic E-state index is 13.9. The molecule has 1 atom stereocenters. The Hall–Kier alpha value is -4.00. The molecule has 1 amide bonds. The smallest absolute Gasteiger partial charge is 0.300 e. The lowest BCUT2D eigenvalue weighted by Gasteiger charge is -2.24. The summed E-state index contributed by atoms with van der Waals surface area (Å²) < 4.78 is 19.3.